The summed E-state index contributed by atoms with van der Waals surface area (Å²) in [4.78, 5) is 77.4. The van der Waals surface area contributed by atoms with E-state index < -0.39 is 41.1 Å². The fraction of sp³-hybridized carbons (Fsp3) is 0.104. The minimum atomic E-state index is -2.52. The molecule has 0 saturated heterocycles. The molecule has 0 bridgehead atoms. The lowest BCUT2D eigenvalue weighted by molar-refractivity contribution is -0.127. The summed E-state index contributed by atoms with van der Waals surface area (Å²) in [5.41, 5.74) is 2.86. The molecule has 0 saturated carbocycles. The van der Waals surface area contributed by atoms with E-state index in [0.29, 0.717) is 59.9 Å². The molecule has 1 unspecified atom stereocenters. The summed E-state index contributed by atoms with van der Waals surface area (Å²) in [6.07, 6.45) is -4.67. The van der Waals surface area contributed by atoms with E-state index in [4.69, 9.17) is 29.0 Å². The van der Waals surface area contributed by atoms with E-state index in [2.05, 4.69) is 5.43 Å². The van der Waals surface area contributed by atoms with E-state index in [1.807, 2.05) is 0 Å². The van der Waals surface area contributed by atoms with Crippen LogP contribution >= 0.6 is 11.9 Å². The number of ether oxygens (including phenoxy) is 4. The number of rotatable bonds is 10. The summed E-state index contributed by atoms with van der Waals surface area (Å²) in [6.45, 7) is -0.981. The molecule has 1 atom stereocenters. The lowest BCUT2D eigenvalue weighted by Gasteiger charge is -2.35. The highest BCUT2D eigenvalue weighted by Gasteiger charge is 2.67. The smallest absolute Gasteiger partial charge is 0.440 e. The van der Waals surface area contributed by atoms with Crippen molar-refractivity contribution >= 4 is 58.8 Å². The number of para-hydroxylation sites is 1. The Morgan fingerprint density at radius 1 is 0.554 bits per heavy atom. The normalized spacial score (nSPS) is 15.2. The molecule has 0 fully saturated rings. The number of amides is 5. The van der Waals surface area contributed by atoms with Gasteiger partial charge in [-0.3, -0.25) is 4.79 Å². The van der Waals surface area contributed by atoms with Gasteiger partial charge < -0.3 is 18.9 Å². The molecular formula is C48H39N7O9S. The van der Waals surface area contributed by atoms with Crippen molar-refractivity contribution in [3.05, 3.63) is 210 Å². The standard InChI is InChI=1S/C48H39N7O9S/c56-42-48(41(39-27-15-5-16-28-39)50-52(42)40-29-17-6-18-30-40)49-43(53(45(58)62-32-36-21-9-2-10-22-36)54(48)46(59)63-33-37-23-11-3-12-24-37)65-55(47(60)64-34-38-25-13-4-14-26-38)51-44(57)61-31-35-19-7-1-8-20-35/h1-30H,31-34H2,(H,51,57). The third-order valence-electron chi connectivity index (χ3n) is 9.72. The zero-order valence-corrected chi connectivity index (χ0v) is 35.2. The van der Waals surface area contributed by atoms with Crippen LogP contribution in [0, 0.1) is 0 Å². The summed E-state index contributed by atoms with van der Waals surface area (Å²) in [5, 5.41) is 6.71. The van der Waals surface area contributed by atoms with Crippen LogP contribution in [-0.4, -0.2) is 61.3 Å². The third kappa shape index (κ3) is 9.95. The summed E-state index contributed by atoms with van der Waals surface area (Å²) in [7, 11) is 0. The van der Waals surface area contributed by atoms with Crippen molar-refractivity contribution in [1.82, 2.24) is 19.9 Å². The van der Waals surface area contributed by atoms with E-state index in [-0.39, 0.29) is 32.1 Å². The van der Waals surface area contributed by atoms with Gasteiger partial charge in [-0.25, -0.2) is 29.6 Å². The number of anilines is 1. The van der Waals surface area contributed by atoms with Crippen molar-refractivity contribution in [2.24, 2.45) is 10.1 Å². The minimum absolute atomic E-state index is 0.0893. The molecule has 65 heavy (non-hydrogen) atoms. The first-order valence-corrected chi connectivity index (χ1v) is 20.9. The van der Waals surface area contributed by atoms with Crippen molar-refractivity contribution in [1.29, 1.82) is 0 Å². The number of amidine groups is 1. The van der Waals surface area contributed by atoms with Gasteiger partial charge in [0, 0.05) is 5.56 Å². The van der Waals surface area contributed by atoms with E-state index in [0.717, 1.165) is 5.01 Å². The van der Waals surface area contributed by atoms with Gasteiger partial charge >= 0.3 is 30.3 Å². The first kappa shape index (κ1) is 43.2. The first-order chi connectivity index (χ1) is 31.8. The summed E-state index contributed by atoms with van der Waals surface area (Å²) < 4.78 is 23.4. The molecule has 8 rings (SSSR count). The Labute approximate surface area is 377 Å². The first-order valence-electron chi connectivity index (χ1n) is 20.1. The van der Waals surface area contributed by atoms with Crippen LogP contribution in [0.4, 0.5) is 24.9 Å². The van der Waals surface area contributed by atoms with Crippen LogP contribution < -0.4 is 10.4 Å². The molecule has 0 aliphatic carbocycles. The molecular weight excluding hydrogens is 851 g/mol. The third-order valence-corrected chi connectivity index (χ3v) is 10.6. The minimum Gasteiger partial charge on any atom is -0.443 e. The van der Waals surface area contributed by atoms with Crippen LogP contribution in [0.25, 0.3) is 0 Å². The number of benzene rings is 6. The van der Waals surface area contributed by atoms with Gasteiger partial charge in [0.2, 0.25) is 5.17 Å². The summed E-state index contributed by atoms with van der Waals surface area (Å²) >= 11 is 0.343. The monoisotopic (exact) mass is 889 g/mol. The van der Waals surface area contributed by atoms with Crippen molar-refractivity contribution in [3.8, 4) is 0 Å². The Kier molecular flexibility index (Phi) is 13.4. The Balaban J connectivity index is 1.24. The van der Waals surface area contributed by atoms with Crippen LogP contribution in [0.5, 0.6) is 0 Å². The predicted octanol–water partition coefficient (Wildman–Crippen LogP) is 8.82. The topological polar surface area (TPSA) is 172 Å². The average molecular weight is 890 g/mol. The molecule has 1 N–H and O–H groups in total. The highest BCUT2D eigenvalue weighted by molar-refractivity contribution is 8.12. The van der Waals surface area contributed by atoms with Gasteiger partial charge in [0.15, 0.2) is 0 Å². The number of hydrogen-bond acceptors (Lipinski definition) is 12. The SMILES string of the molecule is O=C(NN(SC1=NC2(C(=O)N(c3ccccc3)N=C2c2ccccc2)N(C(=O)OCc2ccccc2)N1C(=O)OCc1ccccc1)C(=O)OCc1ccccc1)OCc1ccccc1. The Hall–Kier alpha value is -8.44. The van der Waals surface area contributed by atoms with Crippen LogP contribution in [0.15, 0.2) is 192 Å². The fourth-order valence-electron chi connectivity index (χ4n) is 6.62. The molecule has 326 valence electrons. The maximum atomic E-state index is 15.3. The van der Waals surface area contributed by atoms with Gasteiger partial charge in [0.1, 0.15) is 32.1 Å². The van der Waals surface area contributed by atoms with E-state index >= 15 is 4.79 Å². The number of carbonyl (C=O) groups excluding carboxylic acids is 5. The maximum Gasteiger partial charge on any atom is 0.440 e. The molecule has 17 heteroatoms. The Bertz CT molecular complexity index is 2690. The number of hydrogen-bond donors (Lipinski definition) is 1. The zero-order valence-electron chi connectivity index (χ0n) is 34.4. The largest absolute Gasteiger partial charge is 0.443 e. The van der Waals surface area contributed by atoms with E-state index in [1.165, 1.54) is 0 Å². The molecule has 16 nitrogen and oxygen atoms in total. The molecule has 2 aliphatic heterocycles. The van der Waals surface area contributed by atoms with Gasteiger partial charge in [-0.05, 0) is 34.4 Å². The summed E-state index contributed by atoms with van der Waals surface area (Å²) in [5.74, 6) is -0.899. The van der Waals surface area contributed by atoms with Crippen LogP contribution in [0.3, 0.4) is 0 Å². The molecule has 2 heterocycles. The maximum absolute atomic E-state index is 15.3. The van der Waals surface area contributed by atoms with Gasteiger partial charge in [0.25, 0.3) is 5.66 Å². The molecule has 2 aliphatic rings. The number of hydrazine groups is 2. The van der Waals surface area contributed by atoms with Crippen LogP contribution in [0.1, 0.15) is 27.8 Å². The number of nitrogens with one attached hydrogen (secondary N) is 1. The van der Waals surface area contributed by atoms with Crippen LogP contribution in [-0.2, 0) is 50.2 Å². The Morgan fingerprint density at radius 2 is 0.985 bits per heavy atom. The predicted molar refractivity (Wildman–Crippen MR) is 240 cm³/mol. The highest BCUT2D eigenvalue weighted by Crippen LogP contribution is 2.42. The second-order valence-electron chi connectivity index (χ2n) is 14.1. The molecule has 0 radical (unpaired) electrons. The zero-order chi connectivity index (χ0) is 45.0. The number of carbonyl (C=O) groups is 5. The molecule has 0 aromatic heterocycles. The van der Waals surface area contributed by atoms with Crippen LogP contribution in [0.2, 0.25) is 0 Å². The highest BCUT2D eigenvalue weighted by atomic mass is 32.2. The quantitative estimate of drug-likeness (QED) is 0.0796. The van der Waals surface area contributed by atoms with Gasteiger partial charge in [-0.15, -0.1) is 4.41 Å². The second kappa shape index (κ2) is 20.2. The average Bonchev–Trinajstić information content (AvgIpc) is 3.85. The number of hydrazone groups is 1. The second-order valence-corrected chi connectivity index (χ2v) is 15.0. The lowest BCUT2D eigenvalue weighted by Crippen LogP contribution is -2.64. The number of nitrogens with zero attached hydrogens (tertiary/aromatic N) is 6. The number of aliphatic imine (C=N–C) groups is 1. The van der Waals surface area contributed by atoms with Crippen molar-refractivity contribution in [3.63, 3.8) is 0 Å². The van der Waals surface area contributed by atoms with E-state index in [9.17, 15) is 19.2 Å². The van der Waals surface area contributed by atoms with Crippen molar-refractivity contribution < 1.29 is 42.9 Å². The molecule has 5 amide bonds. The van der Waals surface area contributed by atoms with Crippen molar-refractivity contribution in [2.75, 3.05) is 5.01 Å². The van der Waals surface area contributed by atoms with Crippen molar-refractivity contribution in [2.45, 2.75) is 32.1 Å². The Morgan fingerprint density at radius 3 is 1.49 bits per heavy atom. The van der Waals surface area contributed by atoms with Gasteiger partial charge in [-0.2, -0.15) is 20.1 Å². The van der Waals surface area contributed by atoms with E-state index in [1.54, 1.807) is 182 Å². The van der Waals surface area contributed by atoms with Gasteiger partial charge in [0.05, 0.1) is 17.6 Å². The molecule has 1 spiro atoms. The summed E-state index contributed by atoms with van der Waals surface area (Å²) in [6, 6.07) is 52.0. The lowest BCUT2D eigenvalue weighted by atomic mass is 9.97. The fourth-order valence-corrected chi connectivity index (χ4v) is 7.43. The van der Waals surface area contributed by atoms with Gasteiger partial charge in [-0.1, -0.05) is 170 Å². The molecule has 6 aromatic carbocycles. The molecule has 6 aromatic rings.